The molecular weight excluding hydrogens is 414 g/mol. The number of nitrogens with zero attached hydrogens (tertiary/aromatic N) is 6. The molecule has 1 amide bonds. The van der Waals surface area contributed by atoms with Crippen LogP contribution >= 0.6 is 11.6 Å². The van der Waals surface area contributed by atoms with E-state index in [2.05, 4.69) is 20.3 Å². The minimum absolute atomic E-state index is 0.0559. The Morgan fingerprint density at radius 1 is 1.43 bits per heavy atom. The van der Waals surface area contributed by atoms with Gasteiger partial charge in [-0.1, -0.05) is 11.6 Å². The Hall–Kier alpha value is -3.08. The first kappa shape index (κ1) is 20.2. The number of pyridine rings is 1. The number of ether oxygens (including phenoxy) is 1. The Morgan fingerprint density at radius 2 is 2.27 bits per heavy atom. The van der Waals surface area contributed by atoms with E-state index in [9.17, 15) is 9.90 Å². The second-order valence-electron chi connectivity index (χ2n) is 7.05. The number of carboxylic acid groups (broad SMARTS) is 1. The van der Waals surface area contributed by atoms with Gasteiger partial charge < -0.3 is 25.0 Å². The zero-order valence-corrected chi connectivity index (χ0v) is 17.2. The molecule has 0 bridgehead atoms. The van der Waals surface area contributed by atoms with E-state index in [-0.39, 0.29) is 17.0 Å². The van der Waals surface area contributed by atoms with E-state index in [0.717, 1.165) is 19.3 Å². The predicted octanol–water partition coefficient (Wildman–Crippen LogP) is 3.04. The van der Waals surface area contributed by atoms with Crippen molar-refractivity contribution in [2.24, 2.45) is 0 Å². The first-order chi connectivity index (χ1) is 14.5. The van der Waals surface area contributed by atoms with E-state index >= 15 is 0 Å². The Morgan fingerprint density at radius 3 is 2.97 bits per heavy atom. The Bertz CT molecular complexity index is 1070. The highest BCUT2D eigenvalue weighted by Gasteiger charge is 2.27. The maximum atomic E-state index is 11.5. The summed E-state index contributed by atoms with van der Waals surface area (Å²) in [5, 5.41) is 17.1. The molecule has 1 aliphatic rings. The van der Waals surface area contributed by atoms with E-state index in [1.54, 1.807) is 6.20 Å². The molecule has 0 saturated carbocycles. The van der Waals surface area contributed by atoms with Crippen LogP contribution in [0.15, 0.2) is 10.8 Å². The Kier molecular flexibility index (Phi) is 5.62. The van der Waals surface area contributed by atoms with E-state index in [1.807, 2.05) is 11.5 Å². The van der Waals surface area contributed by atoms with Gasteiger partial charge in [-0.3, -0.25) is 0 Å². The largest absolute Gasteiger partial charge is 0.490 e. The molecule has 1 atom stereocenters. The number of anilines is 1. The number of piperidine rings is 1. The topological polar surface area (TPSA) is 145 Å². The van der Waals surface area contributed by atoms with Crippen LogP contribution in [0.4, 0.5) is 10.6 Å². The van der Waals surface area contributed by atoms with Gasteiger partial charge in [-0.15, -0.1) is 0 Å². The summed E-state index contributed by atoms with van der Waals surface area (Å²) < 4.78 is 12.6. The van der Waals surface area contributed by atoms with Crippen LogP contribution in [0, 0.1) is 0 Å². The van der Waals surface area contributed by atoms with E-state index < -0.39 is 6.09 Å². The molecule has 30 heavy (non-hydrogen) atoms. The van der Waals surface area contributed by atoms with Gasteiger partial charge in [0.1, 0.15) is 11.0 Å². The van der Waals surface area contributed by atoms with Crippen LogP contribution in [0.2, 0.25) is 5.15 Å². The average molecular weight is 436 g/mol. The number of nitrogens with two attached hydrogens (primary N) is 1. The van der Waals surface area contributed by atoms with Gasteiger partial charge in [0, 0.05) is 25.6 Å². The number of carbonyl (C=O) groups is 1. The molecule has 3 N–H and O–H groups in total. The van der Waals surface area contributed by atoms with Crippen molar-refractivity contribution in [3.63, 3.8) is 0 Å². The summed E-state index contributed by atoms with van der Waals surface area (Å²) in [5.74, 6) is 1.08. The second-order valence-corrected chi connectivity index (χ2v) is 7.41. The highest BCUT2D eigenvalue weighted by atomic mass is 35.5. The summed E-state index contributed by atoms with van der Waals surface area (Å²) in [6.07, 6.45) is 3.98. The fraction of sp³-hybridized carbons (Fsp3) is 0.500. The lowest BCUT2D eigenvalue weighted by Gasteiger charge is -2.33. The highest BCUT2D eigenvalue weighted by Crippen LogP contribution is 2.34. The number of aromatic nitrogens is 5. The summed E-state index contributed by atoms with van der Waals surface area (Å²) in [6, 6.07) is -0.0559. The number of amides is 1. The number of aryl methyl sites for hydroxylation is 1. The van der Waals surface area contributed by atoms with Crippen molar-refractivity contribution in [3.8, 4) is 17.3 Å². The van der Waals surface area contributed by atoms with Crippen LogP contribution in [-0.4, -0.2) is 60.1 Å². The Labute approximate surface area is 176 Å². The molecule has 1 aliphatic heterocycles. The lowest BCUT2D eigenvalue weighted by atomic mass is 10.0. The number of imidazole rings is 1. The number of hydrogen-bond donors (Lipinski definition) is 2. The first-order valence-electron chi connectivity index (χ1n) is 9.76. The van der Waals surface area contributed by atoms with Crippen molar-refractivity contribution >= 4 is 34.5 Å². The lowest BCUT2D eigenvalue weighted by molar-refractivity contribution is 0.0968. The second kappa shape index (κ2) is 8.34. The van der Waals surface area contributed by atoms with E-state index in [0.29, 0.717) is 54.4 Å². The molecule has 0 spiro atoms. The third kappa shape index (κ3) is 3.60. The lowest BCUT2D eigenvalue weighted by Crippen LogP contribution is -2.43. The minimum Gasteiger partial charge on any atom is -0.490 e. The maximum absolute atomic E-state index is 11.5. The molecule has 12 heteroatoms. The molecule has 1 fully saturated rings. The van der Waals surface area contributed by atoms with Crippen LogP contribution in [0.3, 0.4) is 0 Å². The zero-order chi connectivity index (χ0) is 21.3. The first-order valence-corrected chi connectivity index (χ1v) is 10.1. The van der Waals surface area contributed by atoms with Crippen molar-refractivity contribution in [2.45, 2.75) is 45.2 Å². The van der Waals surface area contributed by atoms with Gasteiger partial charge >= 0.3 is 6.09 Å². The number of fused-ring (bicyclic) bond motifs is 1. The molecular formula is C18H22ClN7O4. The summed E-state index contributed by atoms with van der Waals surface area (Å²) in [5.41, 5.74) is 7.27. The minimum atomic E-state index is -0.886. The van der Waals surface area contributed by atoms with Crippen molar-refractivity contribution < 1.29 is 19.3 Å². The normalized spacial score (nSPS) is 16.9. The SMILES string of the molecule is CCn1c(-c2nonc2N)nc2c(Cl)ncc(OCC[C@@H]3CCCCN3C(=O)O)c21. The predicted molar refractivity (Wildman–Crippen MR) is 108 cm³/mol. The Balaban J connectivity index is 1.62. The smallest absolute Gasteiger partial charge is 0.407 e. The molecule has 3 aromatic rings. The van der Waals surface area contributed by atoms with Crippen LogP contribution in [-0.2, 0) is 6.54 Å². The number of rotatable bonds is 6. The summed E-state index contributed by atoms with van der Waals surface area (Å²) in [4.78, 5) is 21.7. The van der Waals surface area contributed by atoms with E-state index in [4.69, 9.17) is 26.7 Å². The van der Waals surface area contributed by atoms with Gasteiger partial charge in [-0.05, 0) is 36.5 Å². The van der Waals surface area contributed by atoms with Crippen molar-refractivity contribution in [2.75, 3.05) is 18.9 Å². The van der Waals surface area contributed by atoms with Crippen LogP contribution in [0.25, 0.3) is 22.6 Å². The van der Waals surface area contributed by atoms with Crippen LogP contribution < -0.4 is 10.5 Å². The monoisotopic (exact) mass is 435 g/mol. The fourth-order valence-electron chi connectivity index (χ4n) is 3.89. The third-order valence-corrected chi connectivity index (χ3v) is 5.59. The molecule has 0 aliphatic carbocycles. The molecule has 1 saturated heterocycles. The average Bonchev–Trinajstić information content (AvgIpc) is 3.33. The molecule has 160 valence electrons. The van der Waals surface area contributed by atoms with Gasteiger partial charge in [-0.25, -0.2) is 19.4 Å². The molecule has 4 heterocycles. The van der Waals surface area contributed by atoms with Gasteiger partial charge in [0.05, 0.1) is 12.8 Å². The molecule has 3 aromatic heterocycles. The van der Waals surface area contributed by atoms with Crippen LogP contribution in [0.5, 0.6) is 5.75 Å². The zero-order valence-electron chi connectivity index (χ0n) is 16.4. The molecule has 4 rings (SSSR count). The molecule has 0 unspecified atom stereocenters. The maximum Gasteiger partial charge on any atom is 0.407 e. The van der Waals surface area contributed by atoms with Gasteiger partial charge in [0.25, 0.3) is 0 Å². The highest BCUT2D eigenvalue weighted by molar-refractivity contribution is 6.34. The van der Waals surface area contributed by atoms with Crippen molar-refractivity contribution in [1.29, 1.82) is 0 Å². The third-order valence-electron chi connectivity index (χ3n) is 5.31. The van der Waals surface area contributed by atoms with Gasteiger partial charge in [-0.2, -0.15) is 0 Å². The summed E-state index contributed by atoms with van der Waals surface area (Å²) >= 11 is 6.28. The van der Waals surface area contributed by atoms with Gasteiger partial charge in [0.2, 0.25) is 0 Å². The standard InChI is InChI=1S/C18H22ClN7O4/c1-2-25-14-11(29-8-6-10-5-3-4-7-26(10)18(27)28)9-21-15(19)12(14)22-17(25)13-16(20)24-30-23-13/h9-10H,2-8H2,1H3,(H2,20,24)(H,27,28)/t10-/m0/s1. The van der Waals surface area contributed by atoms with Gasteiger partial charge in [0.15, 0.2) is 28.2 Å². The number of halogens is 1. The fourth-order valence-corrected chi connectivity index (χ4v) is 4.07. The number of hydrogen-bond acceptors (Lipinski definition) is 8. The van der Waals surface area contributed by atoms with E-state index in [1.165, 1.54) is 4.90 Å². The van der Waals surface area contributed by atoms with Crippen LogP contribution in [0.1, 0.15) is 32.6 Å². The number of likely N-dealkylation sites (tertiary alicyclic amines) is 1. The molecule has 11 nitrogen and oxygen atoms in total. The quantitative estimate of drug-likeness (QED) is 0.557. The summed E-state index contributed by atoms with van der Waals surface area (Å²) in [6.45, 7) is 3.39. The molecule has 0 radical (unpaired) electrons. The van der Waals surface area contributed by atoms with Crippen molar-refractivity contribution in [3.05, 3.63) is 11.3 Å². The molecule has 0 aromatic carbocycles. The summed E-state index contributed by atoms with van der Waals surface area (Å²) in [7, 11) is 0. The van der Waals surface area contributed by atoms with Crippen molar-refractivity contribution in [1.82, 2.24) is 29.7 Å². The number of nitrogen functional groups attached to an aromatic ring is 1.